The van der Waals surface area contributed by atoms with Gasteiger partial charge in [-0.3, -0.25) is 9.59 Å². The van der Waals surface area contributed by atoms with Crippen molar-refractivity contribution in [2.45, 2.75) is 38.5 Å². The van der Waals surface area contributed by atoms with Gasteiger partial charge in [-0.15, -0.1) is 0 Å². The lowest BCUT2D eigenvalue weighted by molar-refractivity contribution is -0.122. The van der Waals surface area contributed by atoms with Crippen LogP contribution in [0.4, 0.5) is 0 Å². The van der Waals surface area contributed by atoms with E-state index in [4.69, 9.17) is 0 Å². The second-order valence-corrected chi connectivity index (χ2v) is 5.38. The van der Waals surface area contributed by atoms with Gasteiger partial charge in [-0.1, -0.05) is 29.8 Å². The lowest BCUT2D eigenvalue weighted by atomic mass is 9.78. The third-order valence-electron chi connectivity index (χ3n) is 3.96. The Morgan fingerprint density at radius 1 is 1.11 bits per heavy atom. The fraction of sp³-hybridized carbons (Fsp3) is 0.375. The molecule has 1 aliphatic heterocycles. The molecule has 1 N–H and O–H groups in total. The smallest absolute Gasteiger partial charge is 0.225 e. The highest BCUT2D eigenvalue weighted by molar-refractivity contribution is 6.01. The molecule has 1 atom stereocenters. The summed E-state index contributed by atoms with van der Waals surface area (Å²) in [6.07, 6.45) is 2.65. The van der Waals surface area contributed by atoms with Crippen molar-refractivity contribution in [2.24, 2.45) is 0 Å². The molecule has 3 heteroatoms. The van der Waals surface area contributed by atoms with Crippen molar-refractivity contribution in [3.8, 4) is 0 Å². The average Bonchev–Trinajstić information content (AvgIpc) is 2.38. The first-order valence-corrected chi connectivity index (χ1v) is 6.78. The Labute approximate surface area is 112 Å². The van der Waals surface area contributed by atoms with E-state index in [1.165, 1.54) is 5.56 Å². The molecule has 0 saturated heterocycles. The van der Waals surface area contributed by atoms with E-state index in [9.17, 15) is 9.59 Å². The monoisotopic (exact) mass is 255 g/mol. The summed E-state index contributed by atoms with van der Waals surface area (Å²) in [6, 6.07) is 8.14. The minimum absolute atomic E-state index is 0.0269. The second-order valence-electron chi connectivity index (χ2n) is 5.38. The Balaban J connectivity index is 2.05. The van der Waals surface area contributed by atoms with Gasteiger partial charge in [0.1, 0.15) is 0 Å². The SMILES string of the molecule is Cc1ccc([C@H]2CC(=O)NC3=C2C(=O)CCC3)cc1. The van der Waals surface area contributed by atoms with E-state index in [1.54, 1.807) is 0 Å². The molecule has 1 aliphatic carbocycles. The van der Waals surface area contributed by atoms with Crippen molar-refractivity contribution < 1.29 is 9.59 Å². The van der Waals surface area contributed by atoms with E-state index in [0.717, 1.165) is 29.7 Å². The summed E-state index contributed by atoms with van der Waals surface area (Å²) in [4.78, 5) is 24.0. The third kappa shape index (κ3) is 2.21. The molecule has 98 valence electrons. The van der Waals surface area contributed by atoms with Gasteiger partial charge in [0.25, 0.3) is 0 Å². The van der Waals surface area contributed by atoms with Crippen molar-refractivity contribution in [3.05, 3.63) is 46.7 Å². The molecule has 2 aliphatic rings. The summed E-state index contributed by atoms with van der Waals surface area (Å²) in [6.45, 7) is 2.04. The molecule has 1 heterocycles. The summed E-state index contributed by atoms with van der Waals surface area (Å²) in [5, 5.41) is 2.88. The number of benzene rings is 1. The molecule has 0 fully saturated rings. The van der Waals surface area contributed by atoms with E-state index in [0.29, 0.717) is 12.8 Å². The topological polar surface area (TPSA) is 46.2 Å². The van der Waals surface area contributed by atoms with Crippen LogP contribution in [0.15, 0.2) is 35.5 Å². The summed E-state index contributed by atoms with van der Waals surface area (Å²) in [5.74, 6) is 0.169. The van der Waals surface area contributed by atoms with Gasteiger partial charge in [-0.2, -0.15) is 0 Å². The Bertz CT molecular complexity index is 569. The third-order valence-corrected chi connectivity index (χ3v) is 3.96. The van der Waals surface area contributed by atoms with E-state index in [-0.39, 0.29) is 17.6 Å². The predicted molar refractivity (Wildman–Crippen MR) is 72.6 cm³/mol. The van der Waals surface area contributed by atoms with Crippen LogP contribution in [-0.4, -0.2) is 11.7 Å². The Morgan fingerprint density at radius 3 is 2.58 bits per heavy atom. The molecule has 0 radical (unpaired) electrons. The first-order valence-electron chi connectivity index (χ1n) is 6.78. The summed E-state index contributed by atoms with van der Waals surface area (Å²) in [7, 11) is 0. The molecule has 3 nitrogen and oxygen atoms in total. The van der Waals surface area contributed by atoms with Crippen molar-refractivity contribution in [3.63, 3.8) is 0 Å². The fourth-order valence-corrected chi connectivity index (χ4v) is 2.99. The molecule has 1 amide bonds. The van der Waals surface area contributed by atoms with Gasteiger partial charge in [0.2, 0.25) is 5.91 Å². The average molecular weight is 255 g/mol. The molecular weight excluding hydrogens is 238 g/mol. The van der Waals surface area contributed by atoms with Gasteiger partial charge >= 0.3 is 0 Å². The van der Waals surface area contributed by atoms with E-state index < -0.39 is 0 Å². The summed E-state index contributed by atoms with van der Waals surface area (Å²) in [5.41, 5.74) is 3.96. The van der Waals surface area contributed by atoms with Gasteiger partial charge in [0, 0.05) is 30.0 Å². The van der Waals surface area contributed by atoms with Crippen molar-refractivity contribution >= 4 is 11.7 Å². The Hall–Kier alpha value is -1.90. The predicted octanol–water partition coefficient (Wildman–Crippen LogP) is 2.61. The van der Waals surface area contributed by atoms with Crippen LogP contribution in [0.1, 0.15) is 42.7 Å². The van der Waals surface area contributed by atoms with Crippen LogP contribution in [0.25, 0.3) is 0 Å². The maximum absolute atomic E-state index is 12.2. The maximum atomic E-state index is 12.2. The summed E-state index contributed by atoms with van der Waals surface area (Å²) >= 11 is 0. The van der Waals surface area contributed by atoms with Crippen LogP contribution in [0.2, 0.25) is 0 Å². The summed E-state index contributed by atoms with van der Waals surface area (Å²) < 4.78 is 0. The minimum Gasteiger partial charge on any atom is -0.329 e. The van der Waals surface area contributed by atoms with Crippen molar-refractivity contribution in [1.29, 1.82) is 0 Å². The molecule has 0 bridgehead atoms. The van der Waals surface area contributed by atoms with Crippen LogP contribution >= 0.6 is 0 Å². The normalized spacial score (nSPS) is 23.1. The quantitative estimate of drug-likeness (QED) is 0.838. The molecule has 0 unspecified atom stereocenters. The van der Waals surface area contributed by atoms with Crippen LogP contribution in [0, 0.1) is 6.92 Å². The van der Waals surface area contributed by atoms with E-state index in [2.05, 4.69) is 5.32 Å². The van der Waals surface area contributed by atoms with Crippen LogP contribution in [0.3, 0.4) is 0 Å². The number of aryl methyl sites for hydroxylation is 1. The number of amides is 1. The molecule has 1 aromatic rings. The number of allylic oxidation sites excluding steroid dienone is 2. The zero-order valence-electron chi connectivity index (χ0n) is 11.0. The van der Waals surface area contributed by atoms with Crippen LogP contribution in [0.5, 0.6) is 0 Å². The number of carbonyl (C=O) groups is 2. The van der Waals surface area contributed by atoms with Gasteiger partial charge in [-0.25, -0.2) is 0 Å². The number of hydrogen-bond donors (Lipinski definition) is 1. The molecular formula is C16H17NO2. The minimum atomic E-state index is -0.0582. The first kappa shape index (κ1) is 12.2. The molecule has 19 heavy (non-hydrogen) atoms. The number of nitrogens with one attached hydrogen (secondary N) is 1. The lowest BCUT2D eigenvalue weighted by Crippen LogP contribution is -2.36. The fourth-order valence-electron chi connectivity index (χ4n) is 2.99. The van der Waals surface area contributed by atoms with E-state index >= 15 is 0 Å². The first-order chi connectivity index (χ1) is 9.15. The van der Waals surface area contributed by atoms with Crippen molar-refractivity contribution in [1.82, 2.24) is 5.32 Å². The van der Waals surface area contributed by atoms with Crippen LogP contribution in [-0.2, 0) is 9.59 Å². The molecule has 0 spiro atoms. The highest BCUT2D eigenvalue weighted by Crippen LogP contribution is 2.37. The Kier molecular flexibility index (Phi) is 2.97. The number of ketones is 1. The number of hydrogen-bond acceptors (Lipinski definition) is 2. The number of Topliss-reactive ketones (excluding diaryl/α,β-unsaturated/α-hetero) is 1. The highest BCUT2D eigenvalue weighted by atomic mass is 16.2. The van der Waals surface area contributed by atoms with Crippen molar-refractivity contribution in [2.75, 3.05) is 0 Å². The standard InChI is InChI=1S/C16H17NO2/c1-10-5-7-11(8-6-10)12-9-15(19)17-13-3-2-4-14(18)16(12)13/h5-8,12H,2-4,9H2,1H3,(H,17,19)/t12-/m1/s1. The zero-order valence-corrected chi connectivity index (χ0v) is 11.0. The largest absolute Gasteiger partial charge is 0.329 e. The molecule has 0 saturated carbocycles. The number of rotatable bonds is 1. The lowest BCUT2D eigenvalue weighted by Gasteiger charge is -2.31. The zero-order chi connectivity index (χ0) is 13.4. The number of carbonyl (C=O) groups excluding carboxylic acids is 2. The molecule has 0 aromatic heterocycles. The second kappa shape index (κ2) is 4.65. The van der Waals surface area contributed by atoms with Gasteiger partial charge in [-0.05, 0) is 25.3 Å². The van der Waals surface area contributed by atoms with E-state index in [1.807, 2.05) is 31.2 Å². The maximum Gasteiger partial charge on any atom is 0.225 e. The molecule has 1 aromatic carbocycles. The van der Waals surface area contributed by atoms with Gasteiger partial charge < -0.3 is 5.32 Å². The van der Waals surface area contributed by atoms with Gasteiger partial charge in [0.15, 0.2) is 5.78 Å². The molecule has 3 rings (SSSR count). The Morgan fingerprint density at radius 2 is 1.84 bits per heavy atom. The van der Waals surface area contributed by atoms with Crippen LogP contribution < -0.4 is 5.32 Å². The van der Waals surface area contributed by atoms with Gasteiger partial charge in [0.05, 0.1) is 0 Å². The highest BCUT2D eigenvalue weighted by Gasteiger charge is 2.34.